The van der Waals surface area contributed by atoms with Crippen molar-refractivity contribution in [2.45, 2.75) is 33.1 Å². The molecule has 0 bridgehead atoms. The summed E-state index contributed by atoms with van der Waals surface area (Å²) in [4.78, 5) is 5.70. The number of hydrogen-bond acceptors (Lipinski definition) is 3. The number of nitrogen functional groups attached to an aromatic ring is 1. The number of anilines is 1. The average molecular weight is 325 g/mol. The van der Waals surface area contributed by atoms with Crippen LogP contribution in [0.2, 0.25) is 0 Å². The van der Waals surface area contributed by atoms with Gasteiger partial charge in [-0.15, -0.1) is 11.3 Å². The molecule has 0 amide bonds. The van der Waals surface area contributed by atoms with Crippen LogP contribution in [0.3, 0.4) is 0 Å². The number of thiazole rings is 1. The van der Waals surface area contributed by atoms with Crippen LogP contribution >= 0.6 is 27.3 Å². The van der Waals surface area contributed by atoms with E-state index in [1.807, 2.05) is 0 Å². The van der Waals surface area contributed by atoms with Crippen molar-refractivity contribution in [1.82, 2.24) is 4.98 Å². The smallest absolute Gasteiger partial charge is 0.180 e. The van der Waals surface area contributed by atoms with Crippen molar-refractivity contribution in [2.24, 2.45) is 0 Å². The van der Waals surface area contributed by atoms with Crippen molar-refractivity contribution in [1.29, 1.82) is 0 Å². The monoisotopic (exact) mass is 324 g/mol. The van der Waals surface area contributed by atoms with Gasteiger partial charge in [0, 0.05) is 15.8 Å². The second-order valence-electron chi connectivity index (χ2n) is 4.79. The molecule has 2 nitrogen and oxygen atoms in total. The second-order valence-corrected chi connectivity index (χ2v) is 6.76. The van der Waals surface area contributed by atoms with Gasteiger partial charge in [-0.2, -0.15) is 0 Å². The Labute approximate surface area is 120 Å². The zero-order valence-corrected chi connectivity index (χ0v) is 13.2. The molecule has 0 atom stereocenters. The maximum Gasteiger partial charge on any atom is 0.180 e. The Balaban J connectivity index is 2.33. The first kappa shape index (κ1) is 13.6. The van der Waals surface area contributed by atoms with Gasteiger partial charge >= 0.3 is 0 Å². The predicted octanol–water partition coefficient (Wildman–Crippen LogP) is 4.51. The lowest BCUT2D eigenvalue weighted by molar-refractivity contribution is 0.820. The van der Waals surface area contributed by atoms with Crippen LogP contribution in [0.25, 0.3) is 0 Å². The maximum atomic E-state index is 5.83. The molecule has 0 radical (unpaired) electrons. The number of nitrogens with zero attached hydrogens (tertiary/aromatic N) is 1. The minimum Gasteiger partial charge on any atom is -0.375 e. The SMILES string of the molecule is Cc1ccc(Cc2sc(N)nc2C(C)C)c(Br)c1. The van der Waals surface area contributed by atoms with Crippen molar-refractivity contribution in [3.05, 3.63) is 44.4 Å². The molecule has 0 spiro atoms. The van der Waals surface area contributed by atoms with Crippen LogP contribution in [0, 0.1) is 6.92 Å². The number of rotatable bonds is 3. The van der Waals surface area contributed by atoms with Crippen LogP contribution < -0.4 is 5.73 Å². The summed E-state index contributed by atoms with van der Waals surface area (Å²) in [6.07, 6.45) is 0.892. The zero-order chi connectivity index (χ0) is 13.3. The Morgan fingerprint density at radius 1 is 1.39 bits per heavy atom. The van der Waals surface area contributed by atoms with E-state index in [-0.39, 0.29) is 0 Å². The minimum atomic E-state index is 0.415. The lowest BCUT2D eigenvalue weighted by Gasteiger charge is -2.07. The molecular weight excluding hydrogens is 308 g/mol. The summed E-state index contributed by atoms with van der Waals surface area (Å²) in [6.45, 7) is 6.41. The Morgan fingerprint density at radius 2 is 2.11 bits per heavy atom. The highest BCUT2D eigenvalue weighted by Gasteiger charge is 2.14. The lowest BCUT2D eigenvalue weighted by Crippen LogP contribution is -1.96. The van der Waals surface area contributed by atoms with Gasteiger partial charge in [-0.25, -0.2) is 4.98 Å². The van der Waals surface area contributed by atoms with Gasteiger partial charge in [-0.05, 0) is 30.0 Å². The third-order valence-electron chi connectivity index (χ3n) is 2.85. The van der Waals surface area contributed by atoms with E-state index in [2.05, 4.69) is 59.9 Å². The number of halogens is 1. The number of aromatic nitrogens is 1. The molecule has 0 aliphatic heterocycles. The summed E-state index contributed by atoms with van der Waals surface area (Å²) in [5.41, 5.74) is 9.50. The summed E-state index contributed by atoms with van der Waals surface area (Å²) in [5.74, 6) is 0.415. The van der Waals surface area contributed by atoms with E-state index in [0.717, 1.165) is 16.6 Å². The van der Waals surface area contributed by atoms with Gasteiger partial charge in [0.25, 0.3) is 0 Å². The molecule has 4 heteroatoms. The fourth-order valence-electron chi connectivity index (χ4n) is 1.93. The predicted molar refractivity (Wildman–Crippen MR) is 82.3 cm³/mol. The number of nitrogens with two attached hydrogens (primary N) is 1. The van der Waals surface area contributed by atoms with Crippen LogP contribution in [0.4, 0.5) is 5.13 Å². The van der Waals surface area contributed by atoms with Crippen molar-refractivity contribution in [3.63, 3.8) is 0 Å². The van der Waals surface area contributed by atoms with E-state index in [1.54, 1.807) is 11.3 Å². The van der Waals surface area contributed by atoms with Gasteiger partial charge < -0.3 is 5.73 Å². The molecule has 18 heavy (non-hydrogen) atoms. The average Bonchev–Trinajstić information content (AvgIpc) is 2.64. The van der Waals surface area contributed by atoms with Crippen LogP contribution in [0.15, 0.2) is 22.7 Å². The fourth-order valence-corrected chi connectivity index (χ4v) is 3.57. The van der Waals surface area contributed by atoms with E-state index >= 15 is 0 Å². The highest BCUT2D eigenvalue weighted by Crippen LogP contribution is 2.30. The summed E-state index contributed by atoms with van der Waals surface area (Å²) in [7, 11) is 0. The molecule has 2 aromatic rings. The van der Waals surface area contributed by atoms with Crippen molar-refractivity contribution in [2.75, 3.05) is 5.73 Å². The van der Waals surface area contributed by atoms with Gasteiger partial charge in [0.05, 0.1) is 5.69 Å². The zero-order valence-electron chi connectivity index (χ0n) is 10.8. The maximum absolute atomic E-state index is 5.83. The Kier molecular flexibility index (Phi) is 4.07. The van der Waals surface area contributed by atoms with E-state index in [0.29, 0.717) is 11.0 Å². The van der Waals surface area contributed by atoms with Gasteiger partial charge in [-0.1, -0.05) is 41.9 Å². The van der Waals surface area contributed by atoms with Gasteiger partial charge in [0.15, 0.2) is 5.13 Å². The lowest BCUT2D eigenvalue weighted by atomic mass is 10.0. The molecule has 0 saturated heterocycles. The molecule has 1 aromatic heterocycles. The topological polar surface area (TPSA) is 38.9 Å². The number of hydrogen-bond donors (Lipinski definition) is 1. The van der Waals surface area contributed by atoms with Gasteiger partial charge in [0.2, 0.25) is 0 Å². The standard InChI is InChI=1S/C14H17BrN2S/c1-8(2)13-12(18-14(16)17-13)7-10-5-4-9(3)6-11(10)15/h4-6,8H,7H2,1-3H3,(H2,16,17). The first-order chi connectivity index (χ1) is 8.47. The summed E-state index contributed by atoms with van der Waals surface area (Å²) in [6, 6.07) is 6.45. The Hall–Kier alpha value is -0.870. The molecule has 96 valence electrons. The normalized spacial score (nSPS) is 11.2. The van der Waals surface area contributed by atoms with Crippen LogP contribution in [0.5, 0.6) is 0 Å². The molecule has 1 heterocycles. The second kappa shape index (κ2) is 5.41. The first-order valence-corrected chi connectivity index (χ1v) is 7.58. The minimum absolute atomic E-state index is 0.415. The van der Waals surface area contributed by atoms with Crippen LogP contribution in [-0.4, -0.2) is 4.98 Å². The van der Waals surface area contributed by atoms with E-state index in [4.69, 9.17) is 5.73 Å². The first-order valence-electron chi connectivity index (χ1n) is 5.97. The third kappa shape index (κ3) is 2.93. The summed E-state index contributed by atoms with van der Waals surface area (Å²) < 4.78 is 1.16. The molecular formula is C14H17BrN2S. The summed E-state index contributed by atoms with van der Waals surface area (Å²) >= 11 is 5.22. The Bertz CT molecular complexity index is 561. The van der Waals surface area contributed by atoms with E-state index in [1.165, 1.54) is 16.0 Å². The van der Waals surface area contributed by atoms with Crippen LogP contribution in [-0.2, 0) is 6.42 Å². The van der Waals surface area contributed by atoms with Gasteiger partial charge in [-0.3, -0.25) is 0 Å². The highest BCUT2D eigenvalue weighted by atomic mass is 79.9. The largest absolute Gasteiger partial charge is 0.375 e. The summed E-state index contributed by atoms with van der Waals surface area (Å²) in [5, 5.41) is 0.664. The van der Waals surface area contributed by atoms with Crippen molar-refractivity contribution < 1.29 is 0 Å². The molecule has 2 N–H and O–H groups in total. The number of aryl methyl sites for hydroxylation is 1. The highest BCUT2D eigenvalue weighted by molar-refractivity contribution is 9.10. The van der Waals surface area contributed by atoms with Crippen molar-refractivity contribution >= 4 is 32.4 Å². The fraction of sp³-hybridized carbons (Fsp3) is 0.357. The Morgan fingerprint density at radius 3 is 2.72 bits per heavy atom. The van der Waals surface area contributed by atoms with E-state index in [9.17, 15) is 0 Å². The molecule has 0 saturated carbocycles. The molecule has 2 rings (SSSR count). The molecule has 0 aliphatic rings. The molecule has 0 aliphatic carbocycles. The van der Waals surface area contributed by atoms with Gasteiger partial charge in [0.1, 0.15) is 0 Å². The van der Waals surface area contributed by atoms with Crippen LogP contribution in [0.1, 0.15) is 41.5 Å². The molecule has 0 unspecified atom stereocenters. The third-order valence-corrected chi connectivity index (χ3v) is 4.49. The number of benzene rings is 1. The quantitative estimate of drug-likeness (QED) is 0.902. The molecule has 0 fully saturated rings. The molecule has 1 aromatic carbocycles. The van der Waals surface area contributed by atoms with E-state index < -0.39 is 0 Å². The van der Waals surface area contributed by atoms with Crippen molar-refractivity contribution in [3.8, 4) is 0 Å².